The van der Waals surface area contributed by atoms with Crippen LogP contribution in [-0.2, 0) is 16.0 Å². The number of allylic oxidation sites excluding steroid dienone is 1. The molecule has 6 unspecified atom stereocenters. The van der Waals surface area contributed by atoms with Gasteiger partial charge in [-0.2, -0.15) is 5.26 Å². The molecule has 11 heteroatoms. The number of aliphatic hydroxyl groups excluding tert-OH is 1. The van der Waals surface area contributed by atoms with Crippen LogP contribution < -0.4 is 14.4 Å². The Hall–Kier alpha value is -2.81. The van der Waals surface area contributed by atoms with Crippen LogP contribution in [0.2, 0.25) is 5.02 Å². The van der Waals surface area contributed by atoms with Gasteiger partial charge in [-0.1, -0.05) is 43.7 Å². The second-order valence-electron chi connectivity index (χ2n) is 14.4. The molecule has 2 fully saturated rings. The van der Waals surface area contributed by atoms with Crippen molar-refractivity contribution < 1.29 is 23.8 Å². The van der Waals surface area contributed by atoms with Crippen molar-refractivity contribution in [3.8, 4) is 11.8 Å². The van der Waals surface area contributed by atoms with Gasteiger partial charge in [0.15, 0.2) is 0 Å². The highest BCUT2D eigenvalue weighted by atomic mass is 35.5. The van der Waals surface area contributed by atoms with Crippen LogP contribution in [0.1, 0.15) is 56.6 Å². The fourth-order valence-corrected chi connectivity index (χ4v) is 8.55. The number of aliphatic hydroxyl groups is 1. The second-order valence-corrected chi connectivity index (χ2v) is 15.7. The number of hydrogen-bond acceptors (Lipinski definition) is 8. The first-order valence-corrected chi connectivity index (χ1v) is 18.8. The molecule has 1 aliphatic carbocycles. The molecule has 3 aliphatic heterocycles. The number of anilines is 1. The fraction of sp³-hybridized carbons (Fsp3) is 0.579. The van der Waals surface area contributed by atoms with E-state index >= 15 is 0 Å². The quantitative estimate of drug-likeness (QED) is 0.235. The molecule has 1 saturated carbocycles. The summed E-state index contributed by atoms with van der Waals surface area (Å²) in [5.41, 5.74) is 1.78. The summed E-state index contributed by atoms with van der Waals surface area (Å²) in [4.78, 5) is 18.6. The van der Waals surface area contributed by atoms with E-state index in [0.717, 1.165) is 59.8 Å². The third kappa shape index (κ3) is 8.57. The molecule has 3 heterocycles. The van der Waals surface area contributed by atoms with Gasteiger partial charge in [0.2, 0.25) is 5.91 Å². The number of ether oxygens (including phenoxy) is 2. The van der Waals surface area contributed by atoms with Crippen LogP contribution in [0.4, 0.5) is 10.1 Å². The molecule has 2 bridgehead atoms. The summed E-state index contributed by atoms with van der Waals surface area (Å²) in [5.74, 6) is 1.56. The molecule has 0 aromatic heterocycles. The molecule has 6 rings (SSSR count). The number of fused-ring (bicyclic) bond motifs is 2. The minimum Gasteiger partial charge on any atom is -0.491 e. The number of nitrogens with zero attached hydrogens (tertiary/aromatic N) is 3. The lowest BCUT2D eigenvalue weighted by Crippen LogP contribution is -2.59. The van der Waals surface area contributed by atoms with E-state index < -0.39 is 5.67 Å². The van der Waals surface area contributed by atoms with Gasteiger partial charge >= 0.3 is 0 Å². The molecule has 1 amide bonds. The average molecular weight is 711 g/mol. The van der Waals surface area contributed by atoms with E-state index in [9.17, 15) is 14.3 Å². The highest BCUT2D eigenvalue weighted by molar-refractivity contribution is 7.98. The molecule has 2 N–H and O–H groups in total. The van der Waals surface area contributed by atoms with Crippen molar-refractivity contribution in [1.82, 2.24) is 9.62 Å². The van der Waals surface area contributed by atoms with Crippen molar-refractivity contribution in [2.75, 3.05) is 57.4 Å². The van der Waals surface area contributed by atoms with Crippen LogP contribution in [0.5, 0.6) is 5.75 Å². The van der Waals surface area contributed by atoms with Crippen LogP contribution in [0.15, 0.2) is 53.4 Å². The molecule has 8 nitrogen and oxygen atoms in total. The Morgan fingerprint density at radius 1 is 1.20 bits per heavy atom. The number of amides is 1. The van der Waals surface area contributed by atoms with Crippen LogP contribution >= 0.6 is 23.5 Å². The zero-order valence-corrected chi connectivity index (χ0v) is 30.0. The summed E-state index contributed by atoms with van der Waals surface area (Å²) < 4.78 is 30.7. The maximum absolute atomic E-state index is 14.6. The summed E-state index contributed by atoms with van der Waals surface area (Å²) in [5, 5.41) is 19.4. The van der Waals surface area contributed by atoms with Crippen molar-refractivity contribution in [3.05, 3.63) is 64.7 Å². The minimum atomic E-state index is -1.40. The van der Waals surface area contributed by atoms with Gasteiger partial charge in [-0.05, 0) is 96.8 Å². The number of halogens is 2. The number of hydrogen-bond donors (Lipinski definition) is 2. The summed E-state index contributed by atoms with van der Waals surface area (Å²) in [6.07, 6.45) is 7.65. The first-order valence-electron chi connectivity index (χ1n) is 17.6. The van der Waals surface area contributed by atoms with E-state index in [0.29, 0.717) is 43.0 Å². The Balaban J connectivity index is 1.26. The summed E-state index contributed by atoms with van der Waals surface area (Å²) in [6.45, 7) is 7.85. The van der Waals surface area contributed by atoms with E-state index in [1.165, 1.54) is 11.9 Å². The molecule has 264 valence electrons. The van der Waals surface area contributed by atoms with E-state index in [1.807, 2.05) is 42.2 Å². The minimum absolute atomic E-state index is 0.00185. The molecule has 0 spiro atoms. The highest BCUT2D eigenvalue weighted by Gasteiger charge is 2.43. The fourth-order valence-electron chi connectivity index (χ4n) is 7.64. The summed E-state index contributed by atoms with van der Waals surface area (Å²) >= 11 is 7.73. The van der Waals surface area contributed by atoms with Crippen molar-refractivity contribution in [2.45, 2.75) is 68.5 Å². The zero-order valence-electron chi connectivity index (χ0n) is 28.5. The predicted octanol–water partition coefficient (Wildman–Crippen LogP) is 6.56. The van der Waals surface area contributed by atoms with Gasteiger partial charge in [-0.25, -0.2) is 4.39 Å². The maximum Gasteiger partial charge on any atom is 0.233 e. The monoisotopic (exact) mass is 710 g/mol. The van der Waals surface area contributed by atoms with Gasteiger partial charge in [0.05, 0.1) is 37.5 Å². The van der Waals surface area contributed by atoms with Gasteiger partial charge in [0, 0.05) is 61.1 Å². The molecular weight excluding hydrogens is 663 g/mol. The molecule has 2 aromatic carbocycles. The van der Waals surface area contributed by atoms with Gasteiger partial charge in [-0.15, -0.1) is 0 Å². The molecule has 49 heavy (non-hydrogen) atoms. The predicted molar refractivity (Wildman–Crippen MR) is 192 cm³/mol. The SMILES string of the molecule is CC1C/C=C/C(OCCN2CC(F)(CC#N)C2)C2CCC2CN2CC(c3ccc(Cl)cc3CCO)COc3ccc(cc32)SNC(=O)C1C. The number of alkyl halides is 1. The topological polar surface area (TPSA) is 98.1 Å². The second kappa shape index (κ2) is 16.0. The third-order valence-corrected chi connectivity index (χ3v) is 12.0. The summed E-state index contributed by atoms with van der Waals surface area (Å²) in [7, 11) is 0. The number of carbonyl (C=O) groups is 1. The normalized spacial score (nSPS) is 29.2. The van der Waals surface area contributed by atoms with Crippen LogP contribution in [0.3, 0.4) is 0 Å². The molecular formula is C38H48ClFN4O4S. The van der Waals surface area contributed by atoms with Crippen LogP contribution in [0.25, 0.3) is 0 Å². The number of rotatable bonds is 8. The Morgan fingerprint density at radius 2 is 2.04 bits per heavy atom. The zero-order chi connectivity index (χ0) is 34.5. The van der Waals surface area contributed by atoms with E-state index in [2.05, 4.69) is 40.8 Å². The number of likely N-dealkylation sites (tertiary alicyclic amines) is 1. The Bertz CT molecular complexity index is 1550. The lowest BCUT2D eigenvalue weighted by molar-refractivity contribution is -0.123. The van der Waals surface area contributed by atoms with E-state index in [-0.39, 0.29) is 55.9 Å². The largest absolute Gasteiger partial charge is 0.491 e. The molecule has 2 aromatic rings. The standard InChI is InChI=1S/C38H48ClFN4O4S/c1-25-4-3-5-35(47-17-15-43-23-38(40,24-43)13-14-41)33-9-6-28(33)20-44-21-29(32-10-7-30(39)18-27(32)12-16-45)22-48-36-11-8-31(19-34(36)44)49-42-37(46)26(25)2/h3,5,7-8,10-11,18-19,25-26,28-29,33,35,45H,4,6,9,12-13,15-17,20-24H2,1-2H3,(H,42,46)/b5-3+. The van der Waals surface area contributed by atoms with Gasteiger partial charge in [-0.3, -0.25) is 14.4 Å². The number of benzene rings is 2. The number of carbonyl (C=O) groups excluding carboxylic acids is 1. The van der Waals surface area contributed by atoms with Gasteiger partial charge < -0.3 is 19.5 Å². The lowest BCUT2D eigenvalue weighted by Gasteiger charge is -2.45. The Kier molecular flexibility index (Phi) is 11.8. The first kappa shape index (κ1) is 36.0. The lowest BCUT2D eigenvalue weighted by atomic mass is 9.70. The van der Waals surface area contributed by atoms with Crippen LogP contribution in [-0.4, -0.2) is 80.2 Å². The molecule has 4 aliphatic rings. The Morgan fingerprint density at radius 3 is 2.80 bits per heavy atom. The Labute approximate surface area is 299 Å². The van der Waals surface area contributed by atoms with Gasteiger partial charge in [0.1, 0.15) is 11.4 Å². The van der Waals surface area contributed by atoms with Crippen molar-refractivity contribution in [3.63, 3.8) is 0 Å². The van der Waals surface area contributed by atoms with Crippen molar-refractivity contribution in [1.29, 1.82) is 5.26 Å². The number of nitrogens with one attached hydrogen (secondary N) is 1. The van der Waals surface area contributed by atoms with E-state index in [4.69, 9.17) is 26.3 Å². The summed E-state index contributed by atoms with van der Waals surface area (Å²) in [6, 6.07) is 14.0. The van der Waals surface area contributed by atoms with E-state index in [1.54, 1.807) is 0 Å². The first-order chi connectivity index (χ1) is 23.7. The van der Waals surface area contributed by atoms with Crippen molar-refractivity contribution >= 4 is 35.1 Å². The maximum atomic E-state index is 14.6. The molecule has 1 saturated heterocycles. The average Bonchev–Trinajstić information content (AvgIpc) is 3.23. The van der Waals surface area contributed by atoms with Crippen LogP contribution in [0, 0.1) is 35.0 Å². The third-order valence-electron chi connectivity index (χ3n) is 10.9. The van der Waals surface area contributed by atoms with Gasteiger partial charge in [0.25, 0.3) is 0 Å². The molecule has 6 atom stereocenters. The smallest absolute Gasteiger partial charge is 0.233 e. The highest BCUT2D eigenvalue weighted by Crippen LogP contribution is 2.44. The number of nitriles is 1. The van der Waals surface area contributed by atoms with Crippen molar-refractivity contribution in [2.24, 2.45) is 23.7 Å². The molecule has 0 radical (unpaired) electrons.